The highest BCUT2D eigenvalue weighted by atomic mass is 16.5. The number of amides is 1. The van der Waals surface area contributed by atoms with E-state index in [9.17, 15) is 9.59 Å². The third-order valence-electron chi connectivity index (χ3n) is 18.0. The van der Waals surface area contributed by atoms with Crippen LogP contribution in [0, 0.1) is 66.1 Å². The highest BCUT2D eigenvalue weighted by Gasteiger charge is 2.52. The standard InChI is InChI=1S/C51H73N5O3/c1-33-19-46(59-4)44(48(57)53-33)32-52-49(58)47-35(3)56(45-8-6-5-7-43(45)47)34(2)42-9-13-54(14-10-42)17-18-55(15-11-50-26-36-20-37(27-50)22-38(21-36)28-50)16-12-51-29-39-23-40(30-51)25-41(24-39)31-51/h5-8,19,34,36-42H,9-18,20-32H2,1-4H3,(H,52,58)(H,53,57)/t34-,36?,37?,38?,39?,40?,41?,50?,51?/m1/s1. The summed E-state index contributed by atoms with van der Waals surface area (Å²) in [6.07, 6.45) is 23.8. The Labute approximate surface area is 353 Å². The molecule has 320 valence electrons. The predicted molar refractivity (Wildman–Crippen MR) is 237 cm³/mol. The van der Waals surface area contributed by atoms with E-state index >= 15 is 0 Å². The average Bonchev–Trinajstić information content (AvgIpc) is 3.50. The van der Waals surface area contributed by atoms with Gasteiger partial charge in [-0.3, -0.25) is 9.59 Å². The SMILES string of the molecule is COc1cc(C)[nH]c(=O)c1CNC(=O)c1c(C)n([C@H](C)C2CCN(CCN(CCC34CC5CC(CC(C5)C3)C4)CCC34CC5CC(CC(C5)C3)C4)CC2)c2ccccc12. The minimum Gasteiger partial charge on any atom is -0.496 e. The second kappa shape index (κ2) is 16.0. The van der Waals surface area contributed by atoms with Gasteiger partial charge in [0.15, 0.2) is 0 Å². The van der Waals surface area contributed by atoms with Crippen molar-refractivity contribution >= 4 is 16.8 Å². The molecule has 1 saturated heterocycles. The van der Waals surface area contributed by atoms with Crippen LogP contribution >= 0.6 is 0 Å². The Kier molecular flexibility index (Phi) is 10.8. The molecular weight excluding hydrogens is 731 g/mol. The Morgan fingerprint density at radius 1 is 0.847 bits per heavy atom. The first-order valence-corrected chi connectivity index (χ1v) is 24.1. The molecule has 2 aromatic heterocycles. The second-order valence-electron chi connectivity index (χ2n) is 22.0. The lowest BCUT2D eigenvalue weighted by atomic mass is 9.48. The third-order valence-corrected chi connectivity index (χ3v) is 18.0. The Morgan fingerprint density at radius 2 is 1.39 bits per heavy atom. The van der Waals surface area contributed by atoms with Crippen LogP contribution in [0.2, 0.25) is 0 Å². The van der Waals surface area contributed by atoms with Gasteiger partial charge in [-0.05, 0) is 214 Å². The number of likely N-dealkylation sites (tertiary alicyclic amines) is 1. The van der Waals surface area contributed by atoms with Gasteiger partial charge in [-0.2, -0.15) is 0 Å². The van der Waals surface area contributed by atoms with Crippen molar-refractivity contribution in [3.8, 4) is 5.75 Å². The molecule has 9 fully saturated rings. The lowest BCUT2D eigenvalue weighted by Gasteiger charge is -2.58. The number of H-pyrrole nitrogens is 1. The molecule has 0 spiro atoms. The van der Waals surface area contributed by atoms with Crippen molar-refractivity contribution in [2.45, 2.75) is 136 Å². The number of aromatic nitrogens is 2. The molecule has 59 heavy (non-hydrogen) atoms. The topological polar surface area (TPSA) is 82.6 Å². The molecule has 12 rings (SSSR count). The number of aromatic amines is 1. The first-order valence-electron chi connectivity index (χ1n) is 24.1. The summed E-state index contributed by atoms with van der Waals surface area (Å²) in [4.78, 5) is 35.3. The maximum absolute atomic E-state index is 13.9. The molecule has 3 aromatic rings. The van der Waals surface area contributed by atoms with E-state index in [0.717, 1.165) is 70.9 Å². The smallest absolute Gasteiger partial charge is 0.256 e. The number of methoxy groups -OCH3 is 1. The lowest BCUT2D eigenvalue weighted by molar-refractivity contribution is -0.0686. The molecule has 1 atom stereocenters. The van der Waals surface area contributed by atoms with Crippen LogP contribution in [-0.2, 0) is 6.54 Å². The highest BCUT2D eigenvalue weighted by Crippen LogP contribution is 2.62. The molecule has 2 N–H and O–H groups in total. The summed E-state index contributed by atoms with van der Waals surface area (Å²) in [5, 5.41) is 4.03. The fourth-order valence-electron chi connectivity index (χ4n) is 16.0. The second-order valence-corrected chi connectivity index (χ2v) is 22.0. The summed E-state index contributed by atoms with van der Waals surface area (Å²) in [5.74, 6) is 7.16. The minimum atomic E-state index is -0.232. The maximum Gasteiger partial charge on any atom is 0.256 e. The molecule has 8 heteroatoms. The molecule has 0 unspecified atom stereocenters. The first-order chi connectivity index (χ1) is 28.5. The normalized spacial score (nSPS) is 33.0. The summed E-state index contributed by atoms with van der Waals surface area (Å²) in [6.45, 7) is 13.8. The average molecular weight is 804 g/mol. The molecule has 9 aliphatic rings. The van der Waals surface area contributed by atoms with Crippen LogP contribution in [0.5, 0.6) is 5.75 Å². The number of hydrogen-bond donors (Lipinski definition) is 2. The number of nitrogens with zero attached hydrogens (tertiary/aromatic N) is 3. The number of rotatable bonds is 15. The molecule has 0 radical (unpaired) electrons. The number of carbonyl (C=O) groups excluding carboxylic acids is 1. The quantitative estimate of drug-likeness (QED) is 0.160. The Hall–Kier alpha value is -3.10. The van der Waals surface area contributed by atoms with Crippen LogP contribution < -0.4 is 15.6 Å². The fraction of sp³-hybridized carbons (Fsp3) is 0.725. The van der Waals surface area contributed by atoms with Crippen molar-refractivity contribution in [1.29, 1.82) is 0 Å². The lowest BCUT2D eigenvalue weighted by Crippen LogP contribution is -2.49. The van der Waals surface area contributed by atoms with Gasteiger partial charge in [0, 0.05) is 41.4 Å². The summed E-state index contributed by atoms with van der Waals surface area (Å²) in [6, 6.07) is 10.4. The van der Waals surface area contributed by atoms with Gasteiger partial charge in [0.05, 0.1) is 24.8 Å². The number of aryl methyl sites for hydroxylation is 1. The van der Waals surface area contributed by atoms with Gasteiger partial charge in [0.25, 0.3) is 11.5 Å². The Morgan fingerprint density at radius 3 is 1.93 bits per heavy atom. The van der Waals surface area contributed by atoms with E-state index in [1.54, 1.807) is 90.2 Å². The fourth-order valence-corrected chi connectivity index (χ4v) is 16.0. The summed E-state index contributed by atoms with van der Waals surface area (Å²) >= 11 is 0. The van der Waals surface area contributed by atoms with Gasteiger partial charge in [-0.15, -0.1) is 0 Å². The van der Waals surface area contributed by atoms with Crippen molar-refractivity contribution in [3.05, 3.63) is 63.2 Å². The van der Waals surface area contributed by atoms with E-state index in [4.69, 9.17) is 4.74 Å². The van der Waals surface area contributed by atoms with Crippen molar-refractivity contribution in [2.75, 3.05) is 46.4 Å². The van der Waals surface area contributed by atoms with Crippen molar-refractivity contribution < 1.29 is 9.53 Å². The highest BCUT2D eigenvalue weighted by molar-refractivity contribution is 6.08. The molecule has 1 amide bonds. The molecule has 8 saturated carbocycles. The van der Waals surface area contributed by atoms with Gasteiger partial charge < -0.3 is 29.4 Å². The zero-order valence-corrected chi connectivity index (χ0v) is 36.8. The number of ether oxygens (including phenoxy) is 1. The number of pyridine rings is 1. The number of benzene rings is 1. The summed E-state index contributed by atoms with van der Waals surface area (Å²) in [5.41, 5.74) is 5.07. The van der Waals surface area contributed by atoms with Crippen molar-refractivity contribution in [2.24, 2.45) is 52.3 Å². The van der Waals surface area contributed by atoms with Gasteiger partial charge >= 0.3 is 0 Å². The van der Waals surface area contributed by atoms with E-state index < -0.39 is 0 Å². The van der Waals surface area contributed by atoms with E-state index in [1.165, 1.54) is 51.9 Å². The minimum absolute atomic E-state index is 0.104. The molecular formula is C51H73N5O3. The van der Waals surface area contributed by atoms with E-state index in [1.807, 2.05) is 13.0 Å². The third kappa shape index (κ3) is 7.85. The van der Waals surface area contributed by atoms with Gasteiger partial charge in [-0.25, -0.2) is 0 Å². The number of hydrogen-bond acceptors (Lipinski definition) is 5. The number of piperidine rings is 1. The number of para-hydroxylation sites is 1. The van der Waals surface area contributed by atoms with E-state index in [0.29, 0.717) is 33.6 Å². The number of nitrogens with one attached hydrogen (secondary N) is 2. The zero-order valence-electron chi connectivity index (χ0n) is 36.8. The van der Waals surface area contributed by atoms with Crippen LogP contribution in [0.25, 0.3) is 10.9 Å². The summed E-state index contributed by atoms with van der Waals surface area (Å²) < 4.78 is 7.93. The molecule has 1 aliphatic heterocycles. The van der Waals surface area contributed by atoms with Crippen molar-refractivity contribution in [3.63, 3.8) is 0 Å². The van der Waals surface area contributed by atoms with Gasteiger partial charge in [0.1, 0.15) is 5.75 Å². The van der Waals surface area contributed by atoms with Crippen LogP contribution in [0.15, 0.2) is 35.1 Å². The van der Waals surface area contributed by atoms with Crippen LogP contribution in [0.1, 0.15) is 143 Å². The van der Waals surface area contributed by atoms with E-state index in [2.05, 4.69) is 56.7 Å². The Balaban J connectivity index is 0.784. The molecule has 8 aliphatic carbocycles. The molecule has 8 nitrogen and oxygen atoms in total. The zero-order chi connectivity index (χ0) is 40.5. The van der Waals surface area contributed by atoms with Crippen molar-refractivity contribution in [1.82, 2.24) is 24.7 Å². The molecule has 8 bridgehead atoms. The number of fused-ring (bicyclic) bond motifs is 1. The Bertz CT molecular complexity index is 1950. The predicted octanol–water partition coefficient (Wildman–Crippen LogP) is 9.67. The first kappa shape index (κ1) is 40.0. The van der Waals surface area contributed by atoms with Crippen LogP contribution in [-0.4, -0.2) is 71.6 Å². The van der Waals surface area contributed by atoms with E-state index in [-0.39, 0.29) is 24.1 Å². The molecule has 3 heterocycles. The molecule has 1 aromatic carbocycles. The summed E-state index contributed by atoms with van der Waals surface area (Å²) in [7, 11) is 1.56. The number of carbonyl (C=O) groups is 1. The van der Waals surface area contributed by atoms with Crippen LogP contribution in [0.4, 0.5) is 0 Å². The maximum atomic E-state index is 13.9. The van der Waals surface area contributed by atoms with Gasteiger partial charge in [0.2, 0.25) is 0 Å². The van der Waals surface area contributed by atoms with Gasteiger partial charge in [-0.1, -0.05) is 18.2 Å². The largest absolute Gasteiger partial charge is 0.496 e. The monoisotopic (exact) mass is 804 g/mol. The van der Waals surface area contributed by atoms with Crippen LogP contribution in [0.3, 0.4) is 0 Å².